The molecular weight excluding hydrogens is 402 g/mol. The Balaban J connectivity index is 4.90. The van der Waals surface area contributed by atoms with Crippen molar-refractivity contribution in [3.05, 3.63) is 0 Å². The maximum Gasteiger partial charge on any atom is 0.0839 e. The second-order valence-electron chi connectivity index (χ2n) is 11.2. The molecule has 0 aromatic heterocycles. The first-order chi connectivity index (χ1) is 12.8. The average Bonchev–Trinajstić information content (AvgIpc) is 2.50. The number of hydrogen-bond donors (Lipinski definition) is 1. The van der Waals surface area contributed by atoms with E-state index in [0.717, 1.165) is 13.0 Å². The van der Waals surface area contributed by atoms with Crippen LogP contribution in [0, 0.1) is 16.7 Å². The molecule has 6 heteroatoms. The second-order valence-corrected chi connectivity index (χ2v) is 13.2. The zero-order valence-corrected chi connectivity index (χ0v) is 23.3. The van der Waals surface area contributed by atoms with Crippen molar-refractivity contribution >= 4 is 18.5 Å². The highest BCUT2D eigenvalue weighted by Crippen LogP contribution is 2.46. The molecule has 176 valence electrons. The van der Waals surface area contributed by atoms with Crippen molar-refractivity contribution in [2.24, 2.45) is 16.7 Å². The predicted molar refractivity (Wildman–Crippen MR) is 131 cm³/mol. The normalized spacial score (nSPS) is 18.4. The molecule has 0 radical (unpaired) electrons. The molecule has 29 heavy (non-hydrogen) atoms. The molecule has 5 atom stereocenters. The summed E-state index contributed by atoms with van der Waals surface area (Å²) in [4.78, 5) is 0. The molecule has 1 N–H and O–H groups in total. The number of rotatable bonds is 14. The Labute approximate surface area is 186 Å². The third-order valence-corrected chi connectivity index (χ3v) is 8.16. The Bertz CT molecular complexity index is 480. The largest absolute Gasteiger partial charge is 0.390 e. The van der Waals surface area contributed by atoms with Gasteiger partial charge in [0, 0.05) is 12.0 Å². The first-order valence-electron chi connectivity index (χ1n) is 10.9. The van der Waals surface area contributed by atoms with Crippen molar-refractivity contribution in [3.63, 3.8) is 0 Å². The molecule has 0 amide bonds. The van der Waals surface area contributed by atoms with Gasteiger partial charge in [0.25, 0.3) is 0 Å². The van der Waals surface area contributed by atoms with Gasteiger partial charge in [-0.25, -0.2) is 0 Å². The number of ether oxygens (including phenoxy) is 3. The van der Waals surface area contributed by atoms with Crippen LogP contribution in [0.1, 0.15) is 89.0 Å². The smallest absolute Gasteiger partial charge is 0.0839 e. The number of hydrogen-bond acceptors (Lipinski definition) is 4. The van der Waals surface area contributed by atoms with E-state index in [1.807, 2.05) is 20.8 Å². The van der Waals surface area contributed by atoms with E-state index in [1.54, 1.807) is 0 Å². The first-order valence-corrected chi connectivity index (χ1v) is 12.2. The van der Waals surface area contributed by atoms with Gasteiger partial charge >= 0.3 is 0 Å². The van der Waals surface area contributed by atoms with Gasteiger partial charge in [0.15, 0.2) is 0 Å². The van der Waals surface area contributed by atoms with Crippen LogP contribution in [0.4, 0.5) is 0 Å². The van der Waals surface area contributed by atoms with Gasteiger partial charge in [-0.15, -0.1) is 18.5 Å². The van der Waals surface area contributed by atoms with Gasteiger partial charge in [0.05, 0.1) is 35.6 Å². The van der Waals surface area contributed by atoms with Gasteiger partial charge in [0.2, 0.25) is 0 Å². The quantitative estimate of drug-likeness (QED) is 0.335. The zero-order valence-electron chi connectivity index (χ0n) is 21.0. The van der Waals surface area contributed by atoms with Gasteiger partial charge in [-0.3, -0.25) is 0 Å². The molecule has 0 aliphatic heterocycles. The van der Waals surface area contributed by atoms with E-state index < -0.39 is 10.9 Å². The standard InChI is InChI=1S/C23H50O4P2/c1-17(21(7,8)23(11,29)26-15-13-20(5,6)24)16-27-22(9,10)19(3,4)12-14-25-18(2)28/h17-18,24H,12-16,28-29H2,1-11H3. The van der Waals surface area contributed by atoms with Crippen molar-refractivity contribution < 1.29 is 19.3 Å². The monoisotopic (exact) mass is 452 g/mol. The zero-order chi connectivity index (χ0) is 23.3. The third-order valence-electron chi connectivity index (χ3n) is 7.06. The lowest BCUT2D eigenvalue weighted by Crippen LogP contribution is -2.48. The Hall–Kier alpha value is 0.700. The van der Waals surface area contributed by atoms with E-state index in [-0.39, 0.29) is 28.2 Å². The third kappa shape index (κ3) is 9.80. The van der Waals surface area contributed by atoms with Crippen LogP contribution < -0.4 is 0 Å². The van der Waals surface area contributed by atoms with Gasteiger partial charge in [0.1, 0.15) is 0 Å². The number of aliphatic hydroxyl groups is 1. The molecule has 0 fully saturated rings. The summed E-state index contributed by atoms with van der Waals surface area (Å²) < 4.78 is 18.4. The van der Waals surface area contributed by atoms with E-state index in [2.05, 4.69) is 73.9 Å². The summed E-state index contributed by atoms with van der Waals surface area (Å²) in [6, 6.07) is 0. The molecule has 5 unspecified atom stereocenters. The van der Waals surface area contributed by atoms with Crippen molar-refractivity contribution in [2.45, 2.75) is 111 Å². The van der Waals surface area contributed by atoms with E-state index >= 15 is 0 Å². The summed E-state index contributed by atoms with van der Waals surface area (Å²) in [7, 11) is 5.56. The Morgan fingerprint density at radius 1 is 0.828 bits per heavy atom. The molecular formula is C23H50O4P2. The van der Waals surface area contributed by atoms with Crippen LogP contribution in [-0.2, 0) is 14.2 Å². The van der Waals surface area contributed by atoms with Crippen molar-refractivity contribution in [3.8, 4) is 0 Å². The summed E-state index contributed by atoms with van der Waals surface area (Å²) in [5.74, 6) is 0.456. The molecule has 0 aliphatic carbocycles. The summed E-state index contributed by atoms with van der Waals surface area (Å²) in [6.07, 6.45) is 1.55. The molecule has 0 rings (SSSR count). The molecule has 0 saturated heterocycles. The fraction of sp³-hybridized carbons (Fsp3) is 1.00. The summed E-state index contributed by atoms with van der Waals surface area (Å²) in [6.45, 7) is 25.2. The van der Waals surface area contributed by atoms with E-state index in [0.29, 0.717) is 19.6 Å². The van der Waals surface area contributed by atoms with E-state index in [1.165, 1.54) is 0 Å². The Morgan fingerprint density at radius 3 is 1.79 bits per heavy atom. The van der Waals surface area contributed by atoms with Crippen molar-refractivity contribution in [1.29, 1.82) is 0 Å². The lowest BCUT2D eigenvalue weighted by atomic mass is 9.73. The lowest BCUT2D eigenvalue weighted by molar-refractivity contribution is -0.144. The van der Waals surface area contributed by atoms with Crippen molar-refractivity contribution in [1.82, 2.24) is 0 Å². The fourth-order valence-corrected chi connectivity index (χ4v) is 3.26. The Morgan fingerprint density at radius 2 is 1.34 bits per heavy atom. The van der Waals surface area contributed by atoms with Gasteiger partial charge in [-0.2, -0.15) is 0 Å². The molecule has 0 spiro atoms. The van der Waals surface area contributed by atoms with Crippen LogP contribution in [0.15, 0.2) is 0 Å². The van der Waals surface area contributed by atoms with Crippen molar-refractivity contribution in [2.75, 3.05) is 19.8 Å². The maximum absolute atomic E-state index is 9.95. The fourth-order valence-electron chi connectivity index (χ4n) is 2.73. The molecule has 0 aliphatic rings. The molecule has 0 saturated carbocycles. The molecule has 0 heterocycles. The summed E-state index contributed by atoms with van der Waals surface area (Å²) in [5.41, 5.74) is -1.13. The molecule has 0 bridgehead atoms. The lowest BCUT2D eigenvalue weighted by Gasteiger charge is -2.48. The molecule has 0 aromatic rings. The highest BCUT2D eigenvalue weighted by molar-refractivity contribution is 7.18. The van der Waals surface area contributed by atoms with E-state index in [9.17, 15) is 5.11 Å². The average molecular weight is 453 g/mol. The minimum absolute atomic E-state index is 0.0100. The van der Waals surface area contributed by atoms with Gasteiger partial charge < -0.3 is 19.3 Å². The minimum Gasteiger partial charge on any atom is -0.390 e. The van der Waals surface area contributed by atoms with Crippen LogP contribution in [0.5, 0.6) is 0 Å². The highest BCUT2D eigenvalue weighted by Gasteiger charge is 2.44. The molecule has 4 nitrogen and oxygen atoms in total. The summed E-state index contributed by atoms with van der Waals surface area (Å²) >= 11 is 0. The SMILES string of the molecule is CC(P)OCCC(C)(C)C(C)(C)OCC(C)C(C)(C)C(C)(P)OCCC(C)(C)O. The van der Waals surface area contributed by atoms with Crippen LogP contribution in [0.25, 0.3) is 0 Å². The molecule has 0 aromatic carbocycles. The highest BCUT2D eigenvalue weighted by atomic mass is 31.0. The summed E-state index contributed by atoms with van der Waals surface area (Å²) in [5, 5.41) is 9.54. The van der Waals surface area contributed by atoms with Crippen LogP contribution in [0.2, 0.25) is 0 Å². The topological polar surface area (TPSA) is 47.9 Å². The van der Waals surface area contributed by atoms with Crippen LogP contribution >= 0.6 is 18.5 Å². The van der Waals surface area contributed by atoms with Crippen LogP contribution in [0.3, 0.4) is 0 Å². The predicted octanol–water partition coefficient (Wildman–Crippen LogP) is 5.87. The van der Waals surface area contributed by atoms with E-state index in [4.69, 9.17) is 14.2 Å². The second kappa shape index (κ2) is 11.0. The Kier molecular flexibility index (Phi) is 11.3. The minimum atomic E-state index is -0.715. The first kappa shape index (κ1) is 29.7. The van der Waals surface area contributed by atoms with Gasteiger partial charge in [-0.1, -0.05) is 34.6 Å². The van der Waals surface area contributed by atoms with Gasteiger partial charge in [-0.05, 0) is 65.7 Å². The maximum atomic E-state index is 9.95. The van der Waals surface area contributed by atoms with Crippen LogP contribution in [-0.4, -0.2) is 47.3 Å².